The minimum atomic E-state index is -3.32. The summed E-state index contributed by atoms with van der Waals surface area (Å²) in [6.07, 6.45) is 8.74. The van der Waals surface area contributed by atoms with E-state index in [4.69, 9.17) is 11.5 Å². The Balaban J connectivity index is 1.69. The Morgan fingerprint density at radius 3 is 2.42 bits per heavy atom. The predicted octanol–water partition coefficient (Wildman–Crippen LogP) is 1.80. The molecule has 1 heterocycles. The number of nitrogens with two attached hydrogens (primary N) is 2. The Bertz CT molecular complexity index is 1040. The van der Waals surface area contributed by atoms with Crippen LogP contribution in [0.5, 0.6) is 0 Å². The molecule has 1 amide bonds. The molecule has 1 aromatic carbocycles. The lowest BCUT2D eigenvalue weighted by Crippen LogP contribution is -2.44. The number of carbonyl (C=O) groups is 1. The summed E-state index contributed by atoms with van der Waals surface area (Å²) in [5, 5.41) is 9.71. The fraction of sp³-hybridized carbons (Fsp3) is 0.565. The first-order valence-corrected chi connectivity index (χ1v) is 13.2. The molecular formula is C23H32N6O3S. The molecule has 1 saturated heterocycles. The van der Waals surface area contributed by atoms with Gasteiger partial charge in [0.2, 0.25) is 5.91 Å². The van der Waals surface area contributed by atoms with Crippen LogP contribution in [-0.4, -0.2) is 62.7 Å². The van der Waals surface area contributed by atoms with Gasteiger partial charge in [0.1, 0.15) is 11.8 Å². The molecule has 0 aromatic heterocycles. The maximum atomic E-state index is 12.0. The summed E-state index contributed by atoms with van der Waals surface area (Å²) in [6, 6.07) is 8.46. The number of hydrogen-bond acceptors (Lipinski definition) is 7. The SMILES string of the molecule is CS(=O)(=O)c1ccc(N=C(N)C(C=NC2CCC(N3CCCCC3)CC2C#N)C(N)=O)cc1. The highest BCUT2D eigenvalue weighted by Gasteiger charge is 2.33. The average molecular weight is 473 g/mol. The number of piperidine rings is 1. The topological polar surface area (TPSA) is 155 Å². The molecule has 0 bridgehead atoms. The van der Waals surface area contributed by atoms with Crippen LogP contribution in [0.15, 0.2) is 39.1 Å². The second-order valence-corrected chi connectivity index (χ2v) is 10.9. The first-order chi connectivity index (χ1) is 15.7. The van der Waals surface area contributed by atoms with Crippen LogP contribution >= 0.6 is 0 Å². The van der Waals surface area contributed by atoms with E-state index < -0.39 is 21.7 Å². The van der Waals surface area contributed by atoms with Crippen LogP contribution in [0.1, 0.15) is 38.5 Å². The molecule has 1 aliphatic heterocycles. The van der Waals surface area contributed by atoms with Crippen LogP contribution < -0.4 is 11.5 Å². The van der Waals surface area contributed by atoms with E-state index in [-0.39, 0.29) is 22.7 Å². The van der Waals surface area contributed by atoms with Crippen molar-refractivity contribution in [2.75, 3.05) is 19.3 Å². The Kier molecular flexibility index (Phi) is 8.21. The third kappa shape index (κ3) is 6.62. The number of aliphatic imine (C=N–C) groups is 2. The number of primary amides is 1. The highest BCUT2D eigenvalue weighted by atomic mass is 32.2. The van der Waals surface area contributed by atoms with Gasteiger partial charge in [-0.15, -0.1) is 0 Å². The minimum Gasteiger partial charge on any atom is -0.386 e. The summed E-state index contributed by atoms with van der Waals surface area (Å²) < 4.78 is 23.2. The van der Waals surface area contributed by atoms with Crippen molar-refractivity contribution in [3.8, 4) is 6.07 Å². The Morgan fingerprint density at radius 1 is 1.18 bits per heavy atom. The number of carbonyl (C=O) groups excluding carboxylic acids is 1. The summed E-state index contributed by atoms with van der Waals surface area (Å²) in [6.45, 7) is 2.19. The Labute approximate surface area is 195 Å². The van der Waals surface area contributed by atoms with Gasteiger partial charge in [0, 0.05) is 18.5 Å². The van der Waals surface area contributed by atoms with Crippen LogP contribution in [0.2, 0.25) is 0 Å². The molecule has 3 rings (SSSR count). The fourth-order valence-electron chi connectivity index (χ4n) is 4.54. The van der Waals surface area contributed by atoms with E-state index in [0.717, 1.165) is 38.6 Å². The van der Waals surface area contributed by atoms with Gasteiger partial charge in [-0.2, -0.15) is 5.26 Å². The van der Waals surface area contributed by atoms with Gasteiger partial charge in [-0.05, 0) is 69.5 Å². The first kappa shape index (κ1) is 24.9. The lowest BCUT2D eigenvalue weighted by atomic mass is 9.81. The lowest BCUT2D eigenvalue weighted by molar-refractivity contribution is -0.118. The second kappa shape index (κ2) is 10.9. The zero-order valence-electron chi connectivity index (χ0n) is 18.9. The van der Waals surface area contributed by atoms with Gasteiger partial charge in [-0.25, -0.2) is 13.4 Å². The molecule has 1 aromatic rings. The minimum absolute atomic E-state index is 0.0335. The smallest absolute Gasteiger partial charge is 0.233 e. The number of sulfone groups is 1. The summed E-state index contributed by atoms with van der Waals surface area (Å²) in [7, 11) is -3.32. The van der Waals surface area contributed by atoms with Crippen molar-refractivity contribution in [1.82, 2.24) is 4.90 Å². The van der Waals surface area contributed by atoms with Crippen molar-refractivity contribution < 1.29 is 13.2 Å². The summed E-state index contributed by atoms with van der Waals surface area (Å²) >= 11 is 0. The number of nitriles is 1. The molecule has 9 nitrogen and oxygen atoms in total. The van der Waals surface area contributed by atoms with E-state index in [1.54, 1.807) is 0 Å². The van der Waals surface area contributed by atoms with E-state index in [1.165, 1.54) is 49.7 Å². The lowest BCUT2D eigenvalue weighted by Gasteiger charge is -2.39. The van der Waals surface area contributed by atoms with Crippen molar-refractivity contribution >= 4 is 33.5 Å². The number of likely N-dealkylation sites (tertiary alicyclic amines) is 1. The Morgan fingerprint density at radius 2 is 1.85 bits per heavy atom. The van der Waals surface area contributed by atoms with E-state index >= 15 is 0 Å². The van der Waals surface area contributed by atoms with E-state index in [9.17, 15) is 18.5 Å². The number of amidine groups is 1. The summed E-state index contributed by atoms with van der Waals surface area (Å²) in [4.78, 5) is 23.4. The number of amides is 1. The zero-order chi connectivity index (χ0) is 24.0. The molecule has 2 fully saturated rings. The highest BCUT2D eigenvalue weighted by molar-refractivity contribution is 7.90. The highest BCUT2D eigenvalue weighted by Crippen LogP contribution is 2.31. The predicted molar refractivity (Wildman–Crippen MR) is 128 cm³/mol. The zero-order valence-corrected chi connectivity index (χ0v) is 19.7. The normalized spacial score (nSPS) is 26.1. The van der Waals surface area contributed by atoms with Gasteiger partial charge in [-0.1, -0.05) is 6.42 Å². The van der Waals surface area contributed by atoms with Crippen molar-refractivity contribution in [3.05, 3.63) is 24.3 Å². The monoisotopic (exact) mass is 472 g/mol. The molecule has 33 heavy (non-hydrogen) atoms. The largest absolute Gasteiger partial charge is 0.386 e. The van der Waals surface area contributed by atoms with Crippen molar-refractivity contribution in [2.45, 2.75) is 55.5 Å². The van der Waals surface area contributed by atoms with Crippen LogP contribution in [0.4, 0.5) is 5.69 Å². The number of nitrogens with zero attached hydrogens (tertiary/aromatic N) is 4. The van der Waals surface area contributed by atoms with Crippen LogP contribution in [0.3, 0.4) is 0 Å². The number of rotatable bonds is 7. The third-order valence-electron chi connectivity index (χ3n) is 6.43. The van der Waals surface area contributed by atoms with Crippen LogP contribution in [0, 0.1) is 23.2 Å². The molecule has 10 heteroatoms. The van der Waals surface area contributed by atoms with Crippen molar-refractivity contribution in [1.29, 1.82) is 5.26 Å². The molecule has 2 aliphatic rings. The van der Waals surface area contributed by atoms with Crippen LogP contribution in [-0.2, 0) is 14.6 Å². The van der Waals surface area contributed by atoms with Gasteiger partial charge in [0.05, 0.1) is 28.6 Å². The molecule has 1 aliphatic carbocycles. The fourth-order valence-corrected chi connectivity index (χ4v) is 5.17. The van der Waals surface area contributed by atoms with Gasteiger partial charge >= 0.3 is 0 Å². The molecule has 4 unspecified atom stereocenters. The maximum Gasteiger partial charge on any atom is 0.233 e. The van der Waals surface area contributed by atoms with Gasteiger partial charge in [0.15, 0.2) is 9.84 Å². The first-order valence-electron chi connectivity index (χ1n) is 11.3. The molecule has 1 saturated carbocycles. The molecule has 0 radical (unpaired) electrons. The standard InChI is InChI=1S/C23H32N6O3S/c1-33(31,32)19-8-5-17(6-9-19)28-22(25)20(23(26)30)15-27-21-10-7-18(13-16(21)14-24)29-11-3-2-4-12-29/h5-6,8-9,15-16,18,20-21H,2-4,7,10-13H2,1H3,(H2,25,28)(H2,26,30). The average Bonchev–Trinajstić information content (AvgIpc) is 2.79. The van der Waals surface area contributed by atoms with Crippen molar-refractivity contribution in [3.63, 3.8) is 0 Å². The van der Waals surface area contributed by atoms with Gasteiger partial charge in [-0.3, -0.25) is 9.79 Å². The second-order valence-electron chi connectivity index (χ2n) is 8.85. The van der Waals surface area contributed by atoms with E-state index in [1.807, 2.05) is 0 Å². The number of hydrogen-bond donors (Lipinski definition) is 2. The molecule has 178 valence electrons. The Hall–Kier alpha value is -2.77. The van der Waals surface area contributed by atoms with Crippen LogP contribution in [0.25, 0.3) is 0 Å². The maximum absolute atomic E-state index is 12.0. The van der Waals surface area contributed by atoms with Gasteiger partial charge < -0.3 is 16.4 Å². The number of benzene rings is 1. The summed E-state index contributed by atoms with van der Waals surface area (Å²) in [5.41, 5.74) is 12.0. The van der Waals surface area contributed by atoms with E-state index in [0.29, 0.717) is 11.7 Å². The van der Waals surface area contributed by atoms with Crippen molar-refractivity contribution in [2.24, 2.45) is 33.3 Å². The summed E-state index contributed by atoms with van der Waals surface area (Å²) in [5.74, 6) is -1.96. The molecule has 4 N–H and O–H groups in total. The third-order valence-corrected chi connectivity index (χ3v) is 7.56. The van der Waals surface area contributed by atoms with E-state index in [2.05, 4.69) is 21.0 Å². The van der Waals surface area contributed by atoms with Gasteiger partial charge in [0.25, 0.3) is 0 Å². The quantitative estimate of drug-likeness (QED) is 0.455. The molecule has 0 spiro atoms. The molecular weight excluding hydrogens is 440 g/mol. The molecule has 4 atom stereocenters.